The third-order valence-corrected chi connectivity index (χ3v) is 8.16. The number of hydrogen-bond acceptors (Lipinski definition) is 5. The number of sulfonamides is 1. The minimum absolute atomic E-state index is 0.144. The van der Waals surface area contributed by atoms with E-state index in [4.69, 9.17) is 11.6 Å². The van der Waals surface area contributed by atoms with Gasteiger partial charge in [-0.1, -0.05) is 32.0 Å². The van der Waals surface area contributed by atoms with Crippen molar-refractivity contribution in [1.82, 2.24) is 9.71 Å². The number of aromatic nitrogens is 1. The molecule has 0 spiro atoms. The van der Waals surface area contributed by atoms with E-state index in [-0.39, 0.29) is 35.4 Å². The van der Waals surface area contributed by atoms with E-state index in [1.165, 1.54) is 12.4 Å². The van der Waals surface area contributed by atoms with Crippen molar-refractivity contribution in [3.8, 4) is 0 Å². The summed E-state index contributed by atoms with van der Waals surface area (Å²) < 4.78 is 53.2. The van der Waals surface area contributed by atoms with Crippen LogP contribution in [-0.4, -0.2) is 40.0 Å². The smallest absolute Gasteiger partial charge is 0.211 e. The Labute approximate surface area is 172 Å². The molecule has 1 unspecified atom stereocenters. The lowest BCUT2D eigenvalue weighted by atomic mass is 10.0. The highest BCUT2D eigenvalue weighted by atomic mass is 35.5. The molecule has 0 aliphatic rings. The van der Waals surface area contributed by atoms with Crippen molar-refractivity contribution in [2.24, 2.45) is 0 Å². The van der Waals surface area contributed by atoms with E-state index in [0.29, 0.717) is 5.56 Å². The van der Waals surface area contributed by atoms with E-state index in [1.807, 2.05) is 13.8 Å². The molecular weight excluding hydrogens is 420 g/mol. The molecule has 0 amide bonds. The maximum atomic E-state index is 13.3. The van der Waals surface area contributed by atoms with E-state index in [2.05, 4.69) is 9.71 Å². The van der Waals surface area contributed by atoms with Crippen LogP contribution >= 0.6 is 11.6 Å². The first-order valence-corrected chi connectivity index (χ1v) is 12.7. The highest BCUT2D eigenvalue weighted by Crippen LogP contribution is 2.29. The molecule has 0 radical (unpaired) electrons. The van der Waals surface area contributed by atoms with Crippen LogP contribution in [-0.2, 0) is 19.9 Å². The summed E-state index contributed by atoms with van der Waals surface area (Å²) in [5.74, 6) is 0.340. The topological polar surface area (TPSA) is 93.2 Å². The second-order valence-electron chi connectivity index (χ2n) is 6.75. The molecule has 28 heavy (non-hydrogen) atoms. The van der Waals surface area contributed by atoms with Gasteiger partial charge in [0.2, 0.25) is 10.0 Å². The van der Waals surface area contributed by atoms with Gasteiger partial charge in [0.15, 0.2) is 9.84 Å². The number of hydrogen-bond donors (Lipinski definition) is 1. The molecule has 9 heteroatoms. The first kappa shape index (κ1) is 22.8. The Kier molecular flexibility index (Phi) is 8.00. The minimum atomic E-state index is -3.83. The second-order valence-corrected chi connectivity index (χ2v) is 11.2. The maximum absolute atomic E-state index is 13.3. The fraction of sp³-hybridized carbons (Fsp3) is 0.421. The highest BCUT2D eigenvalue weighted by molar-refractivity contribution is 7.92. The van der Waals surface area contributed by atoms with Crippen LogP contribution in [0.4, 0.5) is 0 Å². The van der Waals surface area contributed by atoms with Gasteiger partial charge in [0.25, 0.3) is 0 Å². The molecule has 1 aromatic heterocycles. The van der Waals surface area contributed by atoms with Crippen molar-refractivity contribution in [2.45, 2.75) is 36.3 Å². The Morgan fingerprint density at radius 3 is 2.25 bits per heavy atom. The molecule has 0 fully saturated rings. The number of nitrogens with one attached hydrogen (secondary N) is 1. The van der Waals surface area contributed by atoms with Gasteiger partial charge in [0, 0.05) is 24.8 Å². The van der Waals surface area contributed by atoms with E-state index in [1.54, 1.807) is 36.4 Å². The number of rotatable bonds is 10. The Bertz CT molecular complexity index is 961. The maximum Gasteiger partial charge on any atom is 0.211 e. The second kappa shape index (κ2) is 9.82. The molecule has 6 nitrogen and oxygen atoms in total. The molecule has 0 bridgehead atoms. The summed E-state index contributed by atoms with van der Waals surface area (Å²) in [6.07, 6.45) is 3.27. The van der Waals surface area contributed by atoms with E-state index in [0.717, 1.165) is 5.56 Å². The van der Waals surface area contributed by atoms with E-state index >= 15 is 0 Å². The van der Waals surface area contributed by atoms with Gasteiger partial charge < -0.3 is 0 Å². The summed E-state index contributed by atoms with van der Waals surface area (Å²) in [5, 5.41) is -1.09. The highest BCUT2D eigenvalue weighted by Gasteiger charge is 2.30. The first-order chi connectivity index (χ1) is 13.2. The molecule has 0 saturated carbocycles. The first-order valence-electron chi connectivity index (χ1n) is 8.94. The van der Waals surface area contributed by atoms with Crippen LogP contribution in [0.25, 0.3) is 0 Å². The van der Waals surface area contributed by atoms with Gasteiger partial charge in [0.05, 0.1) is 10.6 Å². The zero-order valence-corrected chi connectivity index (χ0v) is 18.3. The molecule has 2 aromatic rings. The molecule has 1 heterocycles. The van der Waals surface area contributed by atoms with E-state index < -0.39 is 25.1 Å². The van der Waals surface area contributed by atoms with Gasteiger partial charge in [-0.3, -0.25) is 4.98 Å². The summed E-state index contributed by atoms with van der Waals surface area (Å²) >= 11 is 5.56. The summed E-state index contributed by atoms with van der Waals surface area (Å²) in [6, 6.07) is 9.95. The van der Waals surface area contributed by atoms with Gasteiger partial charge in [-0.25, -0.2) is 21.6 Å². The molecule has 2 rings (SSSR count). The number of pyridine rings is 1. The summed E-state index contributed by atoms with van der Waals surface area (Å²) in [4.78, 5) is 4.13. The van der Waals surface area contributed by atoms with Gasteiger partial charge in [-0.05, 0) is 41.7 Å². The average Bonchev–Trinajstić information content (AvgIpc) is 2.67. The summed E-state index contributed by atoms with van der Waals surface area (Å²) in [7, 11) is -7.46. The number of halogens is 1. The van der Waals surface area contributed by atoms with Crippen molar-refractivity contribution in [2.75, 3.05) is 18.2 Å². The Morgan fingerprint density at radius 1 is 1.04 bits per heavy atom. The molecule has 1 atom stereocenters. The van der Waals surface area contributed by atoms with Crippen LogP contribution in [0.15, 0.2) is 53.7 Å². The quantitative estimate of drug-likeness (QED) is 0.567. The normalized spacial score (nSPS) is 13.6. The third kappa shape index (κ3) is 6.01. The van der Waals surface area contributed by atoms with Crippen LogP contribution in [0.1, 0.15) is 42.6 Å². The molecule has 154 valence electrons. The average molecular weight is 445 g/mol. The van der Waals surface area contributed by atoms with Crippen LogP contribution in [0, 0.1) is 0 Å². The van der Waals surface area contributed by atoms with Gasteiger partial charge in [-0.15, -0.1) is 11.6 Å². The predicted molar refractivity (Wildman–Crippen MR) is 112 cm³/mol. The largest absolute Gasteiger partial charge is 0.264 e. The number of alkyl halides is 1. The summed E-state index contributed by atoms with van der Waals surface area (Å²) in [5.41, 5.74) is 1.45. The SMILES string of the molecule is CC(C)c1ccc(S(=O)(=O)C(CNS(=O)(=O)CCCCl)c2cccnc2)cc1. The third-order valence-electron chi connectivity index (χ3n) is 4.34. The Hall–Kier alpha value is -1.48. The lowest BCUT2D eigenvalue weighted by Gasteiger charge is -2.19. The number of nitrogens with zero attached hydrogens (tertiary/aromatic N) is 1. The number of benzene rings is 1. The van der Waals surface area contributed by atoms with Crippen molar-refractivity contribution in [1.29, 1.82) is 0 Å². The van der Waals surface area contributed by atoms with Crippen molar-refractivity contribution in [3.05, 3.63) is 59.9 Å². The van der Waals surface area contributed by atoms with Crippen LogP contribution in [0.2, 0.25) is 0 Å². The summed E-state index contributed by atoms with van der Waals surface area (Å²) in [6.45, 7) is 3.78. The molecule has 0 aliphatic carbocycles. The lowest BCUT2D eigenvalue weighted by molar-refractivity contribution is 0.568. The van der Waals surface area contributed by atoms with Crippen molar-refractivity contribution >= 4 is 31.5 Å². The Morgan fingerprint density at radius 2 is 1.71 bits per heavy atom. The van der Waals surface area contributed by atoms with Crippen molar-refractivity contribution in [3.63, 3.8) is 0 Å². The fourth-order valence-electron chi connectivity index (χ4n) is 2.70. The van der Waals surface area contributed by atoms with E-state index in [9.17, 15) is 16.8 Å². The van der Waals surface area contributed by atoms with Gasteiger partial charge in [-0.2, -0.15) is 0 Å². The van der Waals surface area contributed by atoms with Crippen molar-refractivity contribution < 1.29 is 16.8 Å². The molecule has 1 N–H and O–H groups in total. The molecule has 1 aromatic carbocycles. The van der Waals surface area contributed by atoms with Crippen LogP contribution in [0.3, 0.4) is 0 Å². The standard InChI is InChI=1S/C19H25ClN2O4S2/c1-15(2)16-6-8-18(9-7-16)28(25,26)19(17-5-3-11-21-13-17)14-22-27(23,24)12-4-10-20/h3,5-9,11,13,15,19,22H,4,10,12,14H2,1-2H3. The predicted octanol–water partition coefficient (Wildman–Crippen LogP) is 3.27. The zero-order chi connectivity index (χ0) is 20.8. The minimum Gasteiger partial charge on any atom is -0.264 e. The van der Waals surface area contributed by atoms with Crippen LogP contribution in [0.5, 0.6) is 0 Å². The monoisotopic (exact) mass is 444 g/mol. The molecular formula is C19H25ClN2O4S2. The fourth-order valence-corrected chi connectivity index (χ4v) is 5.83. The van der Waals surface area contributed by atoms with Gasteiger partial charge in [0.1, 0.15) is 5.25 Å². The number of sulfone groups is 1. The zero-order valence-electron chi connectivity index (χ0n) is 15.9. The van der Waals surface area contributed by atoms with Gasteiger partial charge >= 0.3 is 0 Å². The van der Waals surface area contributed by atoms with Crippen LogP contribution < -0.4 is 4.72 Å². The Balaban J connectivity index is 2.35. The molecule has 0 saturated heterocycles. The lowest BCUT2D eigenvalue weighted by Crippen LogP contribution is -2.33. The molecule has 0 aliphatic heterocycles.